The van der Waals surface area contributed by atoms with Crippen molar-refractivity contribution in [3.63, 3.8) is 0 Å². The van der Waals surface area contributed by atoms with Crippen LogP contribution in [0.3, 0.4) is 0 Å². The quantitative estimate of drug-likeness (QED) is 0.297. The van der Waals surface area contributed by atoms with Crippen LogP contribution in [0.2, 0.25) is 0 Å². The number of aryl methyl sites for hydroxylation is 1. The Morgan fingerprint density at radius 2 is 0.812 bits per heavy atom. The van der Waals surface area contributed by atoms with Crippen LogP contribution >= 0.6 is 57.1 Å². The van der Waals surface area contributed by atoms with Crippen molar-refractivity contribution in [3.8, 4) is 11.5 Å². The van der Waals surface area contributed by atoms with Crippen molar-refractivity contribution in [2.45, 2.75) is 29.2 Å². The van der Waals surface area contributed by atoms with Gasteiger partial charge in [-0.05, 0) is 64.9 Å². The molecule has 180 valence electrons. The van der Waals surface area contributed by atoms with Gasteiger partial charge in [-0.15, -0.1) is 0 Å². The van der Waals surface area contributed by atoms with Gasteiger partial charge in [-0.25, -0.2) is 4.57 Å². The average molecular weight is 562 g/mol. The molecule has 4 nitrogen and oxygen atoms in total. The van der Waals surface area contributed by atoms with Crippen LogP contribution in [-0.4, -0.2) is 0 Å². The lowest BCUT2D eigenvalue weighted by Gasteiger charge is -2.13. The highest BCUT2D eigenvalue weighted by atomic mass is 36.0. The Kier molecular flexibility index (Phi) is 20.3. The average Bonchev–Trinajstić information content (AvgIpc) is 2.62. The van der Waals surface area contributed by atoms with Gasteiger partial charge in [-0.2, -0.15) is 0 Å². The number of para-hydroxylation sites is 2. The van der Waals surface area contributed by atoms with E-state index in [4.69, 9.17) is 20.3 Å². The summed E-state index contributed by atoms with van der Waals surface area (Å²) in [5.74, 6) is 0.809. The van der Waals surface area contributed by atoms with Crippen molar-refractivity contribution < 1.29 is 18.2 Å². The van der Waals surface area contributed by atoms with Crippen molar-refractivity contribution >= 4 is 57.1 Å². The zero-order valence-electron chi connectivity index (χ0n) is 15.2. The highest BCUT2D eigenvalue weighted by molar-refractivity contribution is 8.24. The van der Waals surface area contributed by atoms with Gasteiger partial charge in [-0.1, -0.05) is 94.6 Å². The molecule has 0 heterocycles. The van der Waals surface area contributed by atoms with Gasteiger partial charge in [0.05, 0.1) is 0 Å². The lowest BCUT2D eigenvalue weighted by atomic mass is 10.2. The molecule has 0 unspecified atom stereocenters. The van der Waals surface area contributed by atoms with Gasteiger partial charge >= 0.3 is 12.1 Å². The number of benzene rings is 3. The Morgan fingerprint density at radius 1 is 0.562 bits per heavy atom. The van der Waals surface area contributed by atoms with Gasteiger partial charge in [-0.3, -0.25) is 4.57 Å². The zero-order chi connectivity index (χ0) is 21.8. The minimum absolute atomic E-state index is 0. The van der Waals surface area contributed by atoms with E-state index in [1.165, 1.54) is 5.56 Å². The van der Waals surface area contributed by atoms with Crippen LogP contribution in [0.25, 0.3) is 0 Å². The van der Waals surface area contributed by atoms with Crippen LogP contribution in [-0.2, 0) is 9.13 Å². The number of hydrogen-bond donors (Lipinski definition) is 0. The first-order chi connectivity index (χ1) is 13.6. The molecule has 0 saturated heterocycles. The fraction of sp³-hybridized carbons (Fsp3) is 0.182. The first-order valence-electron chi connectivity index (χ1n) is 8.05. The molecule has 0 amide bonds. The van der Waals surface area contributed by atoms with E-state index in [1.807, 2.05) is 30.3 Å². The van der Waals surface area contributed by atoms with Crippen LogP contribution in [0.15, 0.2) is 91.0 Å². The SMILES string of the molecule is C.C.C.Cc1ccccc1.O=P(Cl)(Cl)Cl.O=P(Cl)(Oc1ccccc1)Oc1ccccc1. The molecule has 0 saturated carbocycles. The molecule has 0 aromatic heterocycles. The zero-order valence-corrected chi connectivity index (χ0v) is 20.0. The normalized spacial score (nSPS) is 9.53. The number of halogens is 4. The highest BCUT2D eigenvalue weighted by Gasteiger charge is 2.24. The standard InChI is InChI=1S/C12H10ClO3P.C7H8.3CH4.Cl3OP/c13-17(14,15-11-7-3-1-4-8-11)16-12-9-5-2-6-10-12;1-7-5-3-2-4-6-7;;;;1-5(2,3)4/h1-10H;2-6H,1H3;3*1H4;. The summed E-state index contributed by atoms with van der Waals surface area (Å²) in [6, 6.07) is 27.6. The van der Waals surface area contributed by atoms with Gasteiger partial charge in [0.2, 0.25) is 0 Å². The Hall–Kier alpha value is -1.12. The monoisotopic (exact) mass is 560 g/mol. The van der Waals surface area contributed by atoms with Crippen LogP contribution < -0.4 is 9.05 Å². The molecule has 3 rings (SSSR count). The van der Waals surface area contributed by atoms with Crippen LogP contribution in [0.1, 0.15) is 27.8 Å². The van der Waals surface area contributed by atoms with E-state index in [-0.39, 0.29) is 22.3 Å². The van der Waals surface area contributed by atoms with E-state index in [0.717, 1.165) is 0 Å². The van der Waals surface area contributed by atoms with Crippen molar-refractivity contribution in [2.75, 3.05) is 0 Å². The minimum Gasteiger partial charge on any atom is -0.405 e. The second-order valence-corrected chi connectivity index (χ2v) is 14.4. The summed E-state index contributed by atoms with van der Waals surface area (Å²) >= 11 is 19.6. The molecule has 0 atom stereocenters. The Labute approximate surface area is 211 Å². The second-order valence-electron chi connectivity index (χ2n) is 5.29. The molecule has 0 aliphatic carbocycles. The third kappa shape index (κ3) is 20.8. The molecule has 0 spiro atoms. The first-order valence-corrected chi connectivity index (χ1v) is 14.9. The molecule has 0 fully saturated rings. The van der Waals surface area contributed by atoms with Crippen molar-refractivity contribution in [1.29, 1.82) is 0 Å². The second kappa shape index (κ2) is 18.3. The predicted molar refractivity (Wildman–Crippen MR) is 144 cm³/mol. The lowest BCUT2D eigenvalue weighted by molar-refractivity contribution is 0.406. The molecule has 3 aromatic rings. The first kappa shape index (κ1) is 35.5. The Bertz CT molecular complexity index is 871. The topological polar surface area (TPSA) is 52.6 Å². The van der Waals surface area contributed by atoms with E-state index < -0.39 is 12.1 Å². The van der Waals surface area contributed by atoms with Gasteiger partial charge < -0.3 is 9.05 Å². The molecule has 10 heteroatoms. The summed E-state index contributed by atoms with van der Waals surface area (Å²) < 4.78 is 31.6. The Balaban J connectivity index is -0.000000472. The fourth-order valence-corrected chi connectivity index (χ4v) is 3.03. The smallest absolute Gasteiger partial charge is 0.405 e. The summed E-state index contributed by atoms with van der Waals surface area (Å²) in [5.41, 5.74) is 1.32. The molecule has 0 radical (unpaired) electrons. The minimum atomic E-state index is -3.66. The number of rotatable bonds is 4. The van der Waals surface area contributed by atoms with E-state index in [1.54, 1.807) is 48.5 Å². The van der Waals surface area contributed by atoms with Gasteiger partial charge in [0.15, 0.2) is 0 Å². The van der Waals surface area contributed by atoms with Crippen molar-refractivity contribution in [3.05, 3.63) is 96.6 Å². The third-order valence-corrected chi connectivity index (χ3v) is 4.13. The predicted octanol–water partition coefficient (Wildman–Crippen LogP) is 11.2. The van der Waals surface area contributed by atoms with Crippen LogP contribution in [0.4, 0.5) is 0 Å². The lowest BCUT2D eigenvalue weighted by Crippen LogP contribution is -1.94. The summed E-state index contributed by atoms with van der Waals surface area (Å²) in [6.07, 6.45) is 0. The summed E-state index contributed by atoms with van der Waals surface area (Å²) in [5, 5.41) is -3.22. The molecule has 0 N–H and O–H groups in total. The van der Waals surface area contributed by atoms with Gasteiger partial charge in [0.1, 0.15) is 11.5 Å². The largest absolute Gasteiger partial charge is 0.530 e. The number of hydrogen-bond acceptors (Lipinski definition) is 4. The molecule has 32 heavy (non-hydrogen) atoms. The van der Waals surface area contributed by atoms with E-state index in [0.29, 0.717) is 11.5 Å². The summed E-state index contributed by atoms with van der Waals surface area (Å²) in [6.45, 7) is -1.58. The van der Waals surface area contributed by atoms with Gasteiger partial charge in [0.25, 0.3) is 0 Å². The van der Waals surface area contributed by atoms with Crippen molar-refractivity contribution in [1.82, 2.24) is 0 Å². The summed E-state index contributed by atoms with van der Waals surface area (Å²) in [4.78, 5) is 0. The maximum absolute atomic E-state index is 11.9. The van der Waals surface area contributed by atoms with Crippen LogP contribution in [0, 0.1) is 6.92 Å². The molecule has 3 aromatic carbocycles. The van der Waals surface area contributed by atoms with Gasteiger partial charge in [0, 0.05) is 11.2 Å². The maximum atomic E-state index is 11.9. The molecule has 0 bridgehead atoms. The highest BCUT2D eigenvalue weighted by Crippen LogP contribution is 2.61. The third-order valence-electron chi connectivity index (χ3n) is 2.86. The summed E-state index contributed by atoms with van der Waals surface area (Å²) in [7, 11) is 0. The molecular weight excluding hydrogens is 532 g/mol. The molecule has 0 aliphatic rings. The maximum Gasteiger partial charge on any atom is 0.530 e. The van der Waals surface area contributed by atoms with E-state index in [2.05, 4.69) is 52.8 Å². The fourth-order valence-electron chi connectivity index (χ4n) is 1.77. The van der Waals surface area contributed by atoms with Crippen LogP contribution in [0.5, 0.6) is 11.5 Å². The molecular formula is C22H30Cl4O4P2. The van der Waals surface area contributed by atoms with E-state index in [9.17, 15) is 9.13 Å². The van der Waals surface area contributed by atoms with Crippen molar-refractivity contribution in [2.24, 2.45) is 0 Å². The molecule has 0 aliphatic heterocycles. The Morgan fingerprint density at radius 3 is 1.03 bits per heavy atom. The van der Waals surface area contributed by atoms with E-state index >= 15 is 0 Å².